The summed E-state index contributed by atoms with van der Waals surface area (Å²) in [6, 6.07) is 3.83. The number of hydrogen-bond donors (Lipinski definition) is 1. The first-order valence-electron chi connectivity index (χ1n) is 6.43. The molecule has 2 heterocycles. The Morgan fingerprint density at radius 1 is 1.11 bits per heavy atom. The van der Waals surface area contributed by atoms with Gasteiger partial charge in [0.25, 0.3) is 0 Å². The standard InChI is InChI=1S/C13H19N3O2/c1-2-8-14-9-7-13-16-15-12(18-13)6-5-11-4-3-10-17-11/h3-4,10,14H,2,5-9H2,1H3. The minimum atomic E-state index is 0.678. The number of aromatic nitrogens is 2. The molecule has 2 aromatic rings. The lowest BCUT2D eigenvalue weighted by molar-refractivity contribution is 0.432. The van der Waals surface area contributed by atoms with Crippen LogP contribution in [0.3, 0.4) is 0 Å². The van der Waals surface area contributed by atoms with Crippen LogP contribution < -0.4 is 5.32 Å². The summed E-state index contributed by atoms with van der Waals surface area (Å²) >= 11 is 0. The lowest BCUT2D eigenvalue weighted by atomic mass is 10.2. The zero-order valence-electron chi connectivity index (χ0n) is 10.7. The van der Waals surface area contributed by atoms with Crippen molar-refractivity contribution >= 4 is 0 Å². The maximum Gasteiger partial charge on any atom is 0.217 e. The Morgan fingerprint density at radius 3 is 2.67 bits per heavy atom. The smallest absolute Gasteiger partial charge is 0.217 e. The zero-order chi connectivity index (χ0) is 12.6. The summed E-state index contributed by atoms with van der Waals surface area (Å²) < 4.78 is 10.8. The molecule has 0 unspecified atom stereocenters. The van der Waals surface area contributed by atoms with Crippen molar-refractivity contribution in [2.24, 2.45) is 0 Å². The van der Waals surface area contributed by atoms with E-state index in [-0.39, 0.29) is 0 Å². The van der Waals surface area contributed by atoms with E-state index in [0.717, 1.165) is 44.5 Å². The maximum absolute atomic E-state index is 5.56. The first-order chi connectivity index (χ1) is 8.88. The average Bonchev–Trinajstić information content (AvgIpc) is 3.03. The molecule has 0 aliphatic rings. The Morgan fingerprint density at radius 2 is 1.94 bits per heavy atom. The van der Waals surface area contributed by atoms with Gasteiger partial charge in [0, 0.05) is 25.8 Å². The van der Waals surface area contributed by atoms with Gasteiger partial charge in [0.15, 0.2) is 0 Å². The molecular weight excluding hydrogens is 230 g/mol. The van der Waals surface area contributed by atoms with Gasteiger partial charge in [-0.2, -0.15) is 0 Å². The third kappa shape index (κ3) is 4.00. The van der Waals surface area contributed by atoms with E-state index in [1.165, 1.54) is 0 Å². The van der Waals surface area contributed by atoms with Crippen molar-refractivity contribution in [3.05, 3.63) is 35.9 Å². The Kier molecular flexibility index (Phi) is 4.96. The summed E-state index contributed by atoms with van der Waals surface area (Å²) in [7, 11) is 0. The van der Waals surface area contributed by atoms with E-state index in [1.54, 1.807) is 6.26 Å². The number of hydrogen-bond acceptors (Lipinski definition) is 5. The minimum Gasteiger partial charge on any atom is -0.469 e. The molecule has 2 aromatic heterocycles. The van der Waals surface area contributed by atoms with Crippen molar-refractivity contribution in [1.82, 2.24) is 15.5 Å². The molecule has 0 atom stereocenters. The number of nitrogens with one attached hydrogen (secondary N) is 1. The quantitative estimate of drug-likeness (QED) is 0.725. The van der Waals surface area contributed by atoms with E-state index < -0.39 is 0 Å². The molecule has 18 heavy (non-hydrogen) atoms. The number of aryl methyl sites for hydroxylation is 2. The van der Waals surface area contributed by atoms with E-state index in [9.17, 15) is 0 Å². The van der Waals surface area contributed by atoms with Crippen LogP contribution in [0.1, 0.15) is 30.9 Å². The van der Waals surface area contributed by atoms with Gasteiger partial charge in [0.1, 0.15) is 5.76 Å². The van der Waals surface area contributed by atoms with Crippen molar-refractivity contribution in [2.45, 2.75) is 32.6 Å². The summed E-state index contributed by atoms with van der Waals surface area (Å²) in [5, 5.41) is 11.4. The topological polar surface area (TPSA) is 64.1 Å². The van der Waals surface area contributed by atoms with Gasteiger partial charge in [-0.15, -0.1) is 10.2 Å². The van der Waals surface area contributed by atoms with Gasteiger partial charge in [-0.05, 0) is 25.1 Å². The van der Waals surface area contributed by atoms with Crippen molar-refractivity contribution < 1.29 is 8.83 Å². The van der Waals surface area contributed by atoms with Gasteiger partial charge in [-0.3, -0.25) is 0 Å². The predicted molar refractivity (Wildman–Crippen MR) is 67.3 cm³/mol. The molecular formula is C13H19N3O2. The molecule has 5 heteroatoms. The third-order valence-electron chi connectivity index (χ3n) is 2.62. The first kappa shape index (κ1) is 12.8. The van der Waals surface area contributed by atoms with Gasteiger partial charge in [-0.25, -0.2) is 0 Å². The molecule has 1 N–H and O–H groups in total. The monoisotopic (exact) mass is 249 g/mol. The van der Waals surface area contributed by atoms with Crippen LogP contribution in [0.2, 0.25) is 0 Å². The van der Waals surface area contributed by atoms with E-state index in [2.05, 4.69) is 22.4 Å². The molecule has 0 amide bonds. The molecule has 0 aliphatic carbocycles. The van der Waals surface area contributed by atoms with Gasteiger partial charge in [-0.1, -0.05) is 6.92 Å². The van der Waals surface area contributed by atoms with Crippen LogP contribution in [0.4, 0.5) is 0 Å². The van der Waals surface area contributed by atoms with E-state index >= 15 is 0 Å². The summed E-state index contributed by atoms with van der Waals surface area (Å²) in [5.41, 5.74) is 0. The van der Waals surface area contributed by atoms with E-state index in [4.69, 9.17) is 8.83 Å². The molecule has 0 aliphatic heterocycles. The summed E-state index contributed by atoms with van der Waals surface area (Å²) in [6.07, 6.45) is 5.12. The highest BCUT2D eigenvalue weighted by Gasteiger charge is 2.06. The molecule has 5 nitrogen and oxygen atoms in total. The van der Waals surface area contributed by atoms with Gasteiger partial charge in [0.05, 0.1) is 6.26 Å². The Bertz CT molecular complexity index is 437. The number of nitrogens with zero attached hydrogens (tertiary/aromatic N) is 2. The van der Waals surface area contributed by atoms with Gasteiger partial charge in [0.2, 0.25) is 11.8 Å². The van der Waals surface area contributed by atoms with Crippen LogP contribution in [0.25, 0.3) is 0 Å². The Labute approximate surface area is 107 Å². The van der Waals surface area contributed by atoms with Crippen LogP contribution in [0.15, 0.2) is 27.2 Å². The highest BCUT2D eigenvalue weighted by Crippen LogP contribution is 2.07. The van der Waals surface area contributed by atoms with Gasteiger partial charge < -0.3 is 14.2 Å². The molecule has 0 saturated heterocycles. The van der Waals surface area contributed by atoms with Crippen LogP contribution in [0.5, 0.6) is 0 Å². The summed E-state index contributed by atoms with van der Waals surface area (Å²) in [4.78, 5) is 0. The molecule has 2 rings (SSSR count). The Balaban J connectivity index is 1.72. The second kappa shape index (κ2) is 6.96. The lowest BCUT2D eigenvalue weighted by Gasteiger charge is -1.98. The highest BCUT2D eigenvalue weighted by atomic mass is 16.4. The largest absolute Gasteiger partial charge is 0.469 e. The van der Waals surface area contributed by atoms with Crippen molar-refractivity contribution in [3.8, 4) is 0 Å². The predicted octanol–water partition coefficient (Wildman–Crippen LogP) is 1.99. The third-order valence-corrected chi connectivity index (χ3v) is 2.62. The van der Waals surface area contributed by atoms with Crippen molar-refractivity contribution in [1.29, 1.82) is 0 Å². The summed E-state index contributed by atoms with van der Waals surface area (Å²) in [5.74, 6) is 2.32. The molecule has 0 bridgehead atoms. The highest BCUT2D eigenvalue weighted by molar-refractivity contribution is 4.99. The fourth-order valence-electron chi connectivity index (χ4n) is 1.67. The molecule has 0 radical (unpaired) electrons. The molecule has 98 valence electrons. The van der Waals surface area contributed by atoms with Crippen LogP contribution >= 0.6 is 0 Å². The second-order valence-electron chi connectivity index (χ2n) is 4.17. The maximum atomic E-state index is 5.56. The summed E-state index contributed by atoms with van der Waals surface area (Å²) in [6.45, 7) is 4.06. The average molecular weight is 249 g/mol. The first-order valence-corrected chi connectivity index (χ1v) is 6.43. The fourth-order valence-corrected chi connectivity index (χ4v) is 1.67. The van der Waals surface area contributed by atoms with E-state index in [0.29, 0.717) is 11.8 Å². The van der Waals surface area contributed by atoms with Gasteiger partial charge >= 0.3 is 0 Å². The molecule has 0 spiro atoms. The van der Waals surface area contributed by atoms with E-state index in [1.807, 2.05) is 12.1 Å². The number of furan rings is 1. The zero-order valence-corrected chi connectivity index (χ0v) is 10.7. The molecule has 0 aromatic carbocycles. The van der Waals surface area contributed by atoms with Crippen molar-refractivity contribution in [2.75, 3.05) is 13.1 Å². The minimum absolute atomic E-state index is 0.678. The lowest BCUT2D eigenvalue weighted by Crippen LogP contribution is -2.17. The van der Waals surface area contributed by atoms with Crippen LogP contribution in [-0.2, 0) is 19.3 Å². The SMILES string of the molecule is CCCNCCc1nnc(CCc2ccco2)o1. The van der Waals surface area contributed by atoms with Crippen LogP contribution in [0, 0.1) is 0 Å². The molecule has 0 fully saturated rings. The fraction of sp³-hybridized carbons (Fsp3) is 0.538. The van der Waals surface area contributed by atoms with Crippen molar-refractivity contribution in [3.63, 3.8) is 0 Å². The number of rotatable bonds is 8. The normalized spacial score (nSPS) is 10.9. The second-order valence-corrected chi connectivity index (χ2v) is 4.17. The Hall–Kier alpha value is -1.62. The van der Waals surface area contributed by atoms with Crippen LogP contribution in [-0.4, -0.2) is 23.3 Å². The molecule has 0 saturated carbocycles.